The summed E-state index contributed by atoms with van der Waals surface area (Å²) in [5, 5.41) is 6.76. The van der Waals surface area contributed by atoms with Crippen molar-refractivity contribution in [3.8, 4) is 0 Å². The second-order valence-corrected chi connectivity index (χ2v) is 3.31. The smallest absolute Gasteiger partial charge is 0.226 e. The van der Waals surface area contributed by atoms with Gasteiger partial charge in [0.15, 0.2) is 0 Å². The molecule has 0 aliphatic heterocycles. The van der Waals surface area contributed by atoms with Crippen molar-refractivity contribution in [3.05, 3.63) is 12.4 Å². The van der Waals surface area contributed by atoms with E-state index in [4.69, 9.17) is 5.73 Å². The Hall–Kier alpha value is -1.36. The third-order valence-electron chi connectivity index (χ3n) is 1.75. The molecule has 1 atom stereocenters. The molecule has 14 heavy (non-hydrogen) atoms. The number of hydrogen-bond donors (Lipinski definition) is 2. The molecule has 0 radical (unpaired) electrons. The molecular formula is C9H16N4O. The molecule has 0 bridgehead atoms. The SMILES string of the molecule is CCn1cc(NC(=O)CC(C)N)cn1. The van der Waals surface area contributed by atoms with Gasteiger partial charge in [0.25, 0.3) is 0 Å². The number of carbonyl (C=O) groups is 1. The molecule has 0 fully saturated rings. The lowest BCUT2D eigenvalue weighted by molar-refractivity contribution is -0.116. The van der Waals surface area contributed by atoms with E-state index in [2.05, 4.69) is 10.4 Å². The fourth-order valence-electron chi connectivity index (χ4n) is 1.11. The van der Waals surface area contributed by atoms with Crippen molar-refractivity contribution in [2.45, 2.75) is 32.9 Å². The maximum Gasteiger partial charge on any atom is 0.226 e. The van der Waals surface area contributed by atoms with Crippen LogP contribution in [0.3, 0.4) is 0 Å². The standard InChI is InChI=1S/C9H16N4O/c1-3-13-6-8(5-11-13)12-9(14)4-7(2)10/h5-7H,3-4,10H2,1-2H3,(H,12,14). The van der Waals surface area contributed by atoms with Gasteiger partial charge in [-0.25, -0.2) is 0 Å². The average molecular weight is 196 g/mol. The van der Waals surface area contributed by atoms with Gasteiger partial charge in [-0.1, -0.05) is 0 Å². The predicted octanol–water partition coefficient (Wildman–Crippen LogP) is 0.579. The average Bonchev–Trinajstić information content (AvgIpc) is 2.50. The first-order valence-electron chi connectivity index (χ1n) is 4.69. The van der Waals surface area contributed by atoms with Gasteiger partial charge in [-0.05, 0) is 13.8 Å². The zero-order chi connectivity index (χ0) is 10.6. The van der Waals surface area contributed by atoms with E-state index < -0.39 is 0 Å². The van der Waals surface area contributed by atoms with E-state index in [0.717, 1.165) is 12.2 Å². The number of rotatable bonds is 4. The summed E-state index contributed by atoms with van der Waals surface area (Å²) in [6, 6.07) is -0.115. The molecule has 0 saturated carbocycles. The van der Waals surface area contributed by atoms with Crippen LogP contribution >= 0.6 is 0 Å². The van der Waals surface area contributed by atoms with Crippen LogP contribution in [0, 0.1) is 0 Å². The van der Waals surface area contributed by atoms with Gasteiger partial charge >= 0.3 is 0 Å². The fourth-order valence-corrected chi connectivity index (χ4v) is 1.11. The Balaban J connectivity index is 2.47. The summed E-state index contributed by atoms with van der Waals surface area (Å²) in [4.78, 5) is 11.3. The van der Waals surface area contributed by atoms with Crippen molar-refractivity contribution in [2.75, 3.05) is 5.32 Å². The summed E-state index contributed by atoms with van der Waals surface area (Å²) < 4.78 is 1.75. The van der Waals surface area contributed by atoms with Gasteiger partial charge in [0.2, 0.25) is 5.91 Å². The molecular weight excluding hydrogens is 180 g/mol. The number of nitrogens with two attached hydrogens (primary N) is 1. The van der Waals surface area contributed by atoms with Crippen LogP contribution < -0.4 is 11.1 Å². The molecule has 1 aromatic rings. The van der Waals surface area contributed by atoms with Crippen LogP contribution in [-0.4, -0.2) is 21.7 Å². The highest BCUT2D eigenvalue weighted by Gasteiger charge is 2.06. The lowest BCUT2D eigenvalue weighted by Gasteiger charge is -2.04. The molecule has 1 aromatic heterocycles. The minimum atomic E-state index is -0.115. The second kappa shape index (κ2) is 4.76. The summed E-state index contributed by atoms with van der Waals surface area (Å²) in [5.41, 5.74) is 6.22. The van der Waals surface area contributed by atoms with Crippen molar-refractivity contribution in [2.24, 2.45) is 5.73 Å². The Morgan fingerprint density at radius 2 is 2.50 bits per heavy atom. The number of aryl methyl sites for hydroxylation is 1. The summed E-state index contributed by atoms with van der Waals surface area (Å²) >= 11 is 0. The van der Waals surface area contributed by atoms with Gasteiger partial charge in [-0.3, -0.25) is 9.48 Å². The van der Waals surface area contributed by atoms with Gasteiger partial charge in [-0.2, -0.15) is 5.10 Å². The molecule has 78 valence electrons. The molecule has 0 saturated heterocycles. The van der Waals surface area contributed by atoms with E-state index in [1.54, 1.807) is 24.0 Å². The van der Waals surface area contributed by atoms with Crippen molar-refractivity contribution >= 4 is 11.6 Å². The van der Waals surface area contributed by atoms with Gasteiger partial charge in [0.05, 0.1) is 11.9 Å². The summed E-state index contributed by atoms with van der Waals surface area (Å²) in [6.45, 7) is 4.58. The number of carbonyl (C=O) groups excluding carboxylic acids is 1. The highest BCUT2D eigenvalue weighted by Crippen LogP contribution is 2.05. The van der Waals surface area contributed by atoms with Crippen LogP contribution in [0.15, 0.2) is 12.4 Å². The molecule has 5 nitrogen and oxygen atoms in total. The van der Waals surface area contributed by atoms with Crippen LogP contribution in [0.2, 0.25) is 0 Å². The maximum absolute atomic E-state index is 11.3. The van der Waals surface area contributed by atoms with Crippen LogP contribution in [0.1, 0.15) is 20.3 Å². The topological polar surface area (TPSA) is 72.9 Å². The highest BCUT2D eigenvalue weighted by atomic mass is 16.1. The number of nitrogens with zero attached hydrogens (tertiary/aromatic N) is 2. The summed E-state index contributed by atoms with van der Waals surface area (Å²) in [7, 11) is 0. The first-order chi connectivity index (χ1) is 6.61. The Kier molecular flexibility index (Phi) is 3.64. The summed E-state index contributed by atoms with van der Waals surface area (Å²) in [6.07, 6.45) is 3.75. The highest BCUT2D eigenvalue weighted by molar-refractivity contribution is 5.90. The minimum Gasteiger partial charge on any atom is -0.327 e. The van der Waals surface area contributed by atoms with E-state index in [-0.39, 0.29) is 11.9 Å². The van der Waals surface area contributed by atoms with E-state index in [1.807, 2.05) is 6.92 Å². The van der Waals surface area contributed by atoms with Crippen molar-refractivity contribution in [1.29, 1.82) is 0 Å². The molecule has 3 N–H and O–H groups in total. The molecule has 1 unspecified atom stereocenters. The van der Waals surface area contributed by atoms with Crippen molar-refractivity contribution in [3.63, 3.8) is 0 Å². The number of hydrogen-bond acceptors (Lipinski definition) is 3. The Labute approximate surface area is 83.3 Å². The first kappa shape index (κ1) is 10.7. The van der Waals surface area contributed by atoms with Gasteiger partial charge < -0.3 is 11.1 Å². The van der Waals surface area contributed by atoms with Gasteiger partial charge in [-0.15, -0.1) is 0 Å². The third kappa shape index (κ3) is 3.18. The molecule has 0 aliphatic rings. The monoisotopic (exact) mass is 196 g/mol. The maximum atomic E-state index is 11.3. The predicted molar refractivity (Wildman–Crippen MR) is 54.8 cm³/mol. The van der Waals surface area contributed by atoms with E-state index in [0.29, 0.717) is 6.42 Å². The number of nitrogens with one attached hydrogen (secondary N) is 1. The minimum absolute atomic E-state index is 0.0735. The summed E-state index contributed by atoms with van der Waals surface area (Å²) in [5.74, 6) is -0.0735. The Bertz CT molecular complexity index is 306. The molecule has 0 aromatic carbocycles. The van der Waals surface area contributed by atoms with E-state index in [9.17, 15) is 4.79 Å². The lowest BCUT2D eigenvalue weighted by atomic mass is 10.2. The zero-order valence-corrected chi connectivity index (χ0v) is 8.53. The number of amides is 1. The third-order valence-corrected chi connectivity index (χ3v) is 1.75. The van der Waals surface area contributed by atoms with Gasteiger partial charge in [0.1, 0.15) is 0 Å². The number of aromatic nitrogens is 2. The van der Waals surface area contributed by atoms with Crippen molar-refractivity contribution in [1.82, 2.24) is 9.78 Å². The lowest BCUT2D eigenvalue weighted by Crippen LogP contribution is -2.23. The number of anilines is 1. The molecule has 1 heterocycles. The fraction of sp³-hybridized carbons (Fsp3) is 0.556. The first-order valence-corrected chi connectivity index (χ1v) is 4.69. The van der Waals surface area contributed by atoms with Crippen LogP contribution in [-0.2, 0) is 11.3 Å². The molecule has 0 aliphatic carbocycles. The molecule has 5 heteroatoms. The Morgan fingerprint density at radius 3 is 3.00 bits per heavy atom. The van der Waals surface area contributed by atoms with Crippen LogP contribution in [0.25, 0.3) is 0 Å². The quantitative estimate of drug-likeness (QED) is 0.739. The van der Waals surface area contributed by atoms with Crippen LogP contribution in [0.5, 0.6) is 0 Å². The molecule has 1 amide bonds. The second-order valence-electron chi connectivity index (χ2n) is 3.31. The normalized spacial score (nSPS) is 12.5. The van der Waals surface area contributed by atoms with E-state index >= 15 is 0 Å². The Morgan fingerprint density at radius 1 is 1.79 bits per heavy atom. The largest absolute Gasteiger partial charge is 0.327 e. The van der Waals surface area contributed by atoms with E-state index in [1.165, 1.54) is 0 Å². The molecule has 1 rings (SSSR count). The van der Waals surface area contributed by atoms with Gasteiger partial charge in [0, 0.05) is 25.2 Å². The molecule has 0 spiro atoms. The van der Waals surface area contributed by atoms with Crippen molar-refractivity contribution < 1.29 is 4.79 Å². The zero-order valence-electron chi connectivity index (χ0n) is 8.53. The van der Waals surface area contributed by atoms with Crippen LogP contribution in [0.4, 0.5) is 5.69 Å².